The van der Waals surface area contributed by atoms with Crippen LogP contribution in [0.4, 0.5) is 0 Å². The molecule has 0 fully saturated rings. The van der Waals surface area contributed by atoms with Gasteiger partial charge in [-0.05, 0) is 39.8 Å². The fraction of sp³-hybridized carbons (Fsp3) is 0.0714. The van der Waals surface area contributed by atoms with Crippen molar-refractivity contribution in [3.05, 3.63) is 131 Å². The molecule has 0 spiro atoms. The second kappa shape index (κ2) is 6.98. The van der Waals surface area contributed by atoms with Gasteiger partial charge in [0.15, 0.2) is 0 Å². The van der Waals surface area contributed by atoms with Gasteiger partial charge in [-0.3, -0.25) is 0 Å². The molecule has 0 aromatic heterocycles. The topological polar surface area (TPSA) is 0 Å². The molecule has 0 heteroatoms. The molecule has 0 amide bonds. The van der Waals surface area contributed by atoms with Gasteiger partial charge in [0, 0.05) is 0 Å². The van der Waals surface area contributed by atoms with Crippen LogP contribution in [-0.2, 0) is 0 Å². The molecule has 0 unspecified atom stereocenters. The lowest BCUT2D eigenvalue weighted by atomic mass is 9.62. The molecule has 0 bridgehead atoms. The fourth-order valence-corrected chi connectivity index (χ4v) is 4.29. The van der Waals surface area contributed by atoms with Gasteiger partial charge in [-0.15, -0.1) is 0 Å². The third-order valence-corrected chi connectivity index (χ3v) is 5.67. The van der Waals surface area contributed by atoms with E-state index in [9.17, 15) is 0 Å². The number of benzene rings is 3. The van der Waals surface area contributed by atoms with E-state index in [1.54, 1.807) is 0 Å². The first-order valence-corrected chi connectivity index (χ1v) is 9.85. The van der Waals surface area contributed by atoms with Crippen LogP contribution in [0, 0.1) is 5.41 Å². The van der Waals surface area contributed by atoms with E-state index >= 15 is 0 Å². The Morgan fingerprint density at radius 1 is 0.607 bits per heavy atom. The van der Waals surface area contributed by atoms with Crippen molar-refractivity contribution in [2.45, 2.75) is 6.42 Å². The van der Waals surface area contributed by atoms with Crippen LogP contribution in [0.1, 0.15) is 28.7 Å². The summed E-state index contributed by atoms with van der Waals surface area (Å²) in [6.07, 6.45) is 14.9. The summed E-state index contributed by atoms with van der Waals surface area (Å²) in [5.41, 5.74) is 7.96. The van der Waals surface area contributed by atoms with Crippen molar-refractivity contribution in [1.82, 2.24) is 0 Å². The average Bonchev–Trinajstić information content (AvgIpc) is 2.76. The molecular weight excluding hydrogens is 336 g/mol. The Labute approximate surface area is 166 Å². The first-order chi connectivity index (χ1) is 13.9. The molecular formula is C28H22. The average molecular weight is 358 g/mol. The van der Waals surface area contributed by atoms with Crippen LogP contribution >= 0.6 is 0 Å². The monoisotopic (exact) mass is 358 g/mol. The lowest BCUT2D eigenvalue weighted by molar-refractivity contribution is 0.828. The highest BCUT2D eigenvalue weighted by atomic mass is 14.4. The zero-order valence-corrected chi connectivity index (χ0v) is 15.8. The molecule has 0 saturated heterocycles. The lowest BCUT2D eigenvalue weighted by Gasteiger charge is -2.40. The molecule has 0 N–H and O–H groups in total. The largest absolute Gasteiger partial charge is 0.0826 e. The normalized spacial score (nSPS) is 16.9. The third kappa shape index (κ3) is 2.88. The van der Waals surface area contributed by atoms with Crippen LogP contribution in [-0.4, -0.2) is 0 Å². The van der Waals surface area contributed by atoms with Gasteiger partial charge in [0.05, 0.1) is 5.41 Å². The molecule has 0 saturated carbocycles. The minimum atomic E-state index is -0.215. The van der Waals surface area contributed by atoms with E-state index in [0.29, 0.717) is 0 Å². The summed E-state index contributed by atoms with van der Waals surface area (Å²) in [7, 11) is 0. The number of hydrogen-bond donors (Lipinski definition) is 0. The predicted molar refractivity (Wildman–Crippen MR) is 120 cm³/mol. The molecule has 3 aromatic rings. The maximum atomic E-state index is 2.36. The van der Waals surface area contributed by atoms with Gasteiger partial charge in [-0.25, -0.2) is 0 Å². The molecule has 3 aromatic carbocycles. The standard InChI is InChI=1S/C28H22/c1-3-10-22(11-4-1)17-20-28(21-18-23-12-5-2-6-13-23)19-9-16-26-24-14-7-8-15-25(24)27(26)28/h1-15,17-21H,16H2/b20-17+,21-18+. The summed E-state index contributed by atoms with van der Waals surface area (Å²) in [6.45, 7) is 0. The van der Waals surface area contributed by atoms with Gasteiger partial charge in [0.2, 0.25) is 0 Å². The molecule has 2 aliphatic carbocycles. The first-order valence-electron chi connectivity index (χ1n) is 9.85. The van der Waals surface area contributed by atoms with Crippen molar-refractivity contribution in [3.8, 4) is 0 Å². The Morgan fingerprint density at radius 3 is 1.75 bits per heavy atom. The molecule has 0 radical (unpaired) electrons. The van der Waals surface area contributed by atoms with Crippen LogP contribution in [0.15, 0.2) is 109 Å². The third-order valence-electron chi connectivity index (χ3n) is 5.67. The SMILES string of the molecule is C1=CC(/C=C/c2ccccc2)(/C=C/c2ccccc2)C2=C(C1)c1ccccc12. The van der Waals surface area contributed by atoms with Gasteiger partial charge in [0.25, 0.3) is 0 Å². The van der Waals surface area contributed by atoms with Gasteiger partial charge < -0.3 is 0 Å². The first kappa shape index (κ1) is 16.8. The summed E-state index contributed by atoms with van der Waals surface area (Å²) < 4.78 is 0. The minimum absolute atomic E-state index is 0.215. The summed E-state index contributed by atoms with van der Waals surface area (Å²) >= 11 is 0. The van der Waals surface area contributed by atoms with E-state index in [1.807, 2.05) is 0 Å². The van der Waals surface area contributed by atoms with E-state index < -0.39 is 0 Å². The Morgan fingerprint density at radius 2 is 1.14 bits per heavy atom. The van der Waals surface area contributed by atoms with Crippen LogP contribution in [0.2, 0.25) is 0 Å². The molecule has 2 aliphatic rings. The van der Waals surface area contributed by atoms with Crippen molar-refractivity contribution in [3.63, 3.8) is 0 Å². The van der Waals surface area contributed by atoms with Crippen LogP contribution in [0.3, 0.4) is 0 Å². The zero-order chi connectivity index (χ0) is 18.8. The van der Waals surface area contributed by atoms with Crippen LogP contribution in [0.25, 0.3) is 23.3 Å². The summed E-state index contributed by atoms with van der Waals surface area (Å²) in [4.78, 5) is 0. The molecule has 0 atom stereocenters. The number of fused-ring (bicyclic) bond motifs is 3. The molecule has 0 heterocycles. The van der Waals surface area contributed by atoms with Gasteiger partial charge in [-0.2, -0.15) is 0 Å². The molecule has 0 aliphatic heterocycles. The van der Waals surface area contributed by atoms with Crippen LogP contribution in [0.5, 0.6) is 0 Å². The molecule has 134 valence electrons. The quantitative estimate of drug-likeness (QED) is 0.430. The lowest BCUT2D eigenvalue weighted by Crippen LogP contribution is -2.24. The minimum Gasteiger partial charge on any atom is -0.0826 e. The Bertz CT molecular complexity index is 1060. The number of allylic oxidation sites excluding steroid dienone is 6. The van der Waals surface area contributed by atoms with E-state index in [-0.39, 0.29) is 5.41 Å². The predicted octanol–water partition coefficient (Wildman–Crippen LogP) is 7.28. The molecule has 5 rings (SSSR count). The summed E-state index contributed by atoms with van der Waals surface area (Å²) in [6, 6.07) is 29.9. The van der Waals surface area contributed by atoms with E-state index in [2.05, 4.69) is 121 Å². The maximum absolute atomic E-state index is 2.36. The smallest absolute Gasteiger partial charge is 0.0509 e. The Hall–Kier alpha value is -3.38. The maximum Gasteiger partial charge on any atom is 0.0509 e. The second-order valence-electron chi connectivity index (χ2n) is 7.43. The highest BCUT2D eigenvalue weighted by Crippen LogP contribution is 2.56. The summed E-state index contributed by atoms with van der Waals surface area (Å²) in [5.74, 6) is 0. The summed E-state index contributed by atoms with van der Waals surface area (Å²) in [5, 5.41) is 0. The molecule has 28 heavy (non-hydrogen) atoms. The van der Waals surface area contributed by atoms with E-state index in [4.69, 9.17) is 0 Å². The van der Waals surface area contributed by atoms with Gasteiger partial charge >= 0.3 is 0 Å². The van der Waals surface area contributed by atoms with E-state index in [0.717, 1.165) is 6.42 Å². The van der Waals surface area contributed by atoms with Crippen molar-refractivity contribution < 1.29 is 0 Å². The number of hydrogen-bond acceptors (Lipinski definition) is 0. The van der Waals surface area contributed by atoms with Gasteiger partial charge in [0.1, 0.15) is 0 Å². The highest BCUT2D eigenvalue weighted by Gasteiger charge is 2.39. The second-order valence-corrected chi connectivity index (χ2v) is 7.43. The van der Waals surface area contributed by atoms with Crippen LogP contribution < -0.4 is 0 Å². The highest BCUT2D eigenvalue weighted by molar-refractivity contribution is 6.09. The fourth-order valence-electron chi connectivity index (χ4n) is 4.29. The van der Waals surface area contributed by atoms with E-state index in [1.165, 1.54) is 33.4 Å². The van der Waals surface area contributed by atoms with Crippen molar-refractivity contribution in [2.24, 2.45) is 5.41 Å². The number of rotatable bonds is 4. The van der Waals surface area contributed by atoms with Gasteiger partial charge in [-0.1, -0.05) is 121 Å². The molecule has 0 nitrogen and oxygen atoms in total. The Balaban J connectivity index is 1.61. The zero-order valence-electron chi connectivity index (χ0n) is 15.8. The van der Waals surface area contributed by atoms with Crippen molar-refractivity contribution in [1.29, 1.82) is 0 Å². The van der Waals surface area contributed by atoms with Crippen molar-refractivity contribution in [2.75, 3.05) is 0 Å². The Kier molecular flexibility index (Phi) is 4.18. The van der Waals surface area contributed by atoms with Crippen molar-refractivity contribution >= 4 is 23.3 Å².